The lowest BCUT2D eigenvalue weighted by atomic mass is 10.2. The van der Waals surface area contributed by atoms with Gasteiger partial charge in [-0.15, -0.1) is 5.23 Å². The molecule has 0 unspecified atom stereocenters. The van der Waals surface area contributed by atoms with E-state index in [9.17, 15) is 10.4 Å². The minimum atomic E-state index is -0.637. The molecule has 21 heavy (non-hydrogen) atoms. The van der Waals surface area contributed by atoms with Crippen molar-refractivity contribution in [2.75, 3.05) is 15.9 Å². The van der Waals surface area contributed by atoms with Crippen molar-refractivity contribution in [3.8, 4) is 0 Å². The van der Waals surface area contributed by atoms with Gasteiger partial charge < -0.3 is 15.6 Å². The molecule has 0 aliphatic heterocycles. The molecule has 0 aromatic heterocycles. The Morgan fingerprint density at radius 3 is 2.52 bits per heavy atom. The fourth-order valence-electron chi connectivity index (χ4n) is 1.34. The maximum Gasteiger partial charge on any atom is 0.121 e. The van der Waals surface area contributed by atoms with E-state index in [2.05, 4.69) is 10.5 Å². The monoisotopic (exact) mass is 292 g/mol. The topological polar surface area (TPSA) is 117 Å². The average Bonchev–Trinajstić information content (AvgIpc) is 2.42. The molecule has 0 atom stereocenters. The standard InChI is InChI=1S/C13H16N4O4/c1-10(2)5-3-4-8-14-15-12-7-6-11(16(18)19)9-13(12)17(20)21/h3-9,15,20-21H,1-2H3/q-2. The molecule has 0 heterocycles. The average molecular weight is 292 g/mol. The number of rotatable bonds is 6. The zero-order valence-corrected chi connectivity index (χ0v) is 11.6. The smallest absolute Gasteiger partial charge is 0.121 e. The van der Waals surface area contributed by atoms with E-state index in [1.165, 1.54) is 18.3 Å². The van der Waals surface area contributed by atoms with Crippen LogP contribution in [0, 0.1) is 10.4 Å². The van der Waals surface area contributed by atoms with E-state index in [1.54, 1.807) is 12.2 Å². The zero-order chi connectivity index (χ0) is 15.8. The van der Waals surface area contributed by atoms with Crippen molar-refractivity contribution < 1.29 is 10.4 Å². The van der Waals surface area contributed by atoms with Crippen LogP contribution >= 0.6 is 0 Å². The van der Waals surface area contributed by atoms with Gasteiger partial charge in [0.15, 0.2) is 0 Å². The Bertz CT molecular complexity index is 549. The third kappa shape index (κ3) is 5.63. The number of benzene rings is 1. The van der Waals surface area contributed by atoms with Crippen molar-refractivity contribution in [3.63, 3.8) is 0 Å². The van der Waals surface area contributed by atoms with Gasteiger partial charge in [0.1, 0.15) is 5.69 Å². The fraction of sp³-hybridized carbons (Fsp3) is 0.154. The number of hydrogen-bond donors (Lipinski definition) is 3. The van der Waals surface area contributed by atoms with Crippen LogP contribution in [0.5, 0.6) is 0 Å². The Morgan fingerprint density at radius 1 is 1.24 bits per heavy atom. The highest BCUT2D eigenvalue weighted by Crippen LogP contribution is 2.29. The highest BCUT2D eigenvalue weighted by molar-refractivity contribution is 5.76. The van der Waals surface area contributed by atoms with Crippen LogP contribution in [0.25, 0.3) is 0 Å². The summed E-state index contributed by atoms with van der Waals surface area (Å²) in [6.07, 6.45) is 6.83. The molecule has 8 nitrogen and oxygen atoms in total. The molecular weight excluding hydrogens is 276 g/mol. The van der Waals surface area contributed by atoms with Crippen LogP contribution in [0.15, 0.2) is 47.1 Å². The Labute approximate surface area is 122 Å². The third-order valence-electron chi connectivity index (χ3n) is 2.29. The Kier molecular flexibility index (Phi) is 6.37. The first-order chi connectivity index (χ1) is 9.91. The Balaban J connectivity index is 2.81. The van der Waals surface area contributed by atoms with Crippen molar-refractivity contribution in [1.29, 1.82) is 0 Å². The second-order valence-electron chi connectivity index (χ2n) is 4.27. The predicted octanol–water partition coefficient (Wildman–Crippen LogP) is 2.99. The van der Waals surface area contributed by atoms with Gasteiger partial charge >= 0.3 is 0 Å². The quantitative estimate of drug-likeness (QED) is 0.419. The second-order valence-corrected chi connectivity index (χ2v) is 4.27. The van der Waals surface area contributed by atoms with Crippen molar-refractivity contribution in [2.24, 2.45) is 5.10 Å². The van der Waals surface area contributed by atoms with Gasteiger partial charge in [-0.1, -0.05) is 17.7 Å². The molecule has 0 aliphatic rings. The number of nitrogens with one attached hydrogen (secondary N) is 1. The lowest BCUT2D eigenvalue weighted by Gasteiger charge is -2.37. The van der Waals surface area contributed by atoms with Crippen molar-refractivity contribution in [2.45, 2.75) is 13.8 Å². The van der Waals surface area contributed by atoms with E-state index in [0.717, 1.165) is 11.6 Å². The molecule has 0 aliphatic carbocycles. The molecule has 0 fully saturated rings. The summed E-state index contributed by atoms with van der Waals surface area (Å²) < 4.78 is 0. The summed E-state index contributed by atoms with van der Waals surface area (Å²) in [6.45, 7) is 3.92. The predicted molar refractivity (Wildman–Crippen MR) is 82.4 cm³/mol. The van der Waals surface area contributed by atoms with Gasteiger partial charge in [0, 0.05) is 11.9 Å². The molecule has 0 saturated carbocycles. The van der Waals surface area contributed by atoms with Gasteiger partial charge in [0.25, 0.3) is 0 Å². The molecule has 0 bridgehead atoms. The van der Waals surface area contributed by atoms with E-state index >= 15 is 0 Å². The highest BCUT2D eigenvalue weighted by Gasteiger charge is 2.07. The van der Waals surface area contributed by atoms with Crippen LogP contribution < -0.4 is 15.9 Å². The van der Waals surface area contributed by atoms with Crippen molar-refractivity contribution >= 4 is 23.3 Å². The van der Waals surface area contributed by atoms with Crippen LogP contribution in [-0.2, 0) is 0 Å². The molecular formula is C13H16N4O4-2. The van der Waals surface area contributed by atoms with Gasteiger partial charge in [0.05, 0.1) is 5.69 Å². The number of nitrogens with zero attached hydrogens (tertiary/aromatic N) is 3. The van der Waals surface area contributed by atoms with Crippen molar-refractivity contribution in [1.82, 2.24) is 0 Å². The Hall–Kier alpha value is -2.39. The van der Waals surface area contributed by atoms with Gasteiger partial charge in [-0.05, 0) is 38.1 Å². The minimum absolute atomic E-state index is 0.186. The molecule has 114 valence electrons. The summed E-state index contributed by atoms with van der Waals surface area (Å²) in [5.74, 6) is 0. The summed E-state index contributed by atoms with van der Waals surface area (Å²) in [5.41, 5.74) is 3.46. The van der Waals surface area contributed by atoms with Crippen LogP contribution in [-0.4, -0.2) is 16.6 Å². The minimum Gasteiger partial charge on any atom is -0.769 e. The molecule has 1 rings (SSSR count). The SMILES string of the molecule is CC(C)=CC=CC=NNc1ccc(N([O-])[O-])cc1N(O)O. The molecule has 3 N–H and O–H groups in total. The van der Waals surface area contributed by atoms with E-state index in [0.29, 0.717) is 0 Å². The lowest BCUT2D eigenvalue weighted by Crippen LogP contribution is -2.14. The van der Waals surface area contributed by atoms with E-state index in [1.807, 2.05) is 19.9 Å². The van der Waals surface area contributed by atoms with Gasteiger partial charge in [-0.2, -0.15) is 5.10 Å². The van der Waals surface area contributed by atoms with Gasteiger partial charge in [-0.3, -0.25) is 15.8 Å². The highest BCUT2D eigenvalue weighted by atomic mass is 16.8. The maximum absolute atomic E-state index is 10.6. The first kappa shape index (κ1) is 16.7. The number of anilines is 3. The van der Waals surface area contributed by atoms with E-state index in [-0.39, 0.29) is 22.3 Å². The van der Waals surface area contributed by atoms with Gasteiger partial charge in [-0.25, -0.2) is 0 Å². The summed E-state index contributed by atoms with van der Waals surface area (Å²) >= 11 is 0. The summed E-state index contributed by atoms with van der Waals surface area (Å²) in [5, 5.41) is 42.4. The molecule has 1 aromatic carbocycles. The summed E-state index contributed by atoms with van der Waals surface area (Å²) in [4.78, 5) is 0. The molecule has 0 saturated heterocycles. The molecule has 0 amide bonds. The van der Waals surface area contributed by atoms with Crippen LogP contribution in [0.1, 0.15) is 13.8 Å². The summed E-state index contributed by atoms with van der Waals surface area (Å²) in [6, 6.07) is 3.56. The van der Waals surface area contributed by atoms with E-state index in [4.69, 9.17) is 10.4 Å². The second kappa shape index (κ2) is 8.02. The summed E-state index contributed by atoms with van der Waals surface area (Å²) in [7, 11) is 0. The number of hydrazone groups is 1. The van der Waals surface area contributed by atoms with Gasteiger partial charge in [0.2, 0.25) is 0 Å². The first-order valence-corrected chi connectivity index (χ1v) is 5.97. The Morgan fingerprint density at radius 2 is 1.95 bits per heavy atom. The number of allylic oxidation sites excluding steroid dienone is 4. The van der Waals surface area contributed by atoms with Crippen molar-refractivity contribution in [3.05, 3.63) is 52.4 Å². The van der Waals surface area contributed by atoms with Crippen LogP contribution in [0.2, 0.25) is 0 Å². The molecule has 1 aromatic rings. The fourth-order valence-corrected chi connectivity index (χ4v) is 1.34. The maximum atomic E-state index is 10.6. The van der Waals surface area contributed by atoms with Crippen LogP contribution in [0.4, 0.5) is 17.1 Å². The number of hydrogen-bond acceptors (Lipinski definition) is 8. The first-order valence-electron chi connectivity index (χ1n) is 5.97. The third-order valence-corrected chi connectivity index (χ3v) is 2.29. The van der Waals surface area contributed by atoms with Crippen LogP contribution in [0.3, 0.4) is 0 Å². The molecule has 8 heteroatoms. The largest absolute Gasteiger partial charge is 0.769 e. The molecule has 0 spiro atoms. The van der Waals surface area contributed by atoms with E-state index < -0.39 is 5.23 Å². The molecule has 0 radical (unpaired) electrons. The zero-order valence-electron chi connectivity index (χ0n) is 11.6. The lowest BCUT2D eigenvalue weighted by molar-refractivity contribution is 0.0295. The normalized spacial score (nSPS) is 11.0.